The van der Waals surface area contributed by atoms with E-state index < -0.39 is 11.6 Å². The van der Waals surface area contributed by atoms with Gasteiger partial charge in [-0.05, 0) is 43.5 Å². The Labute approximate surface area is 109 Å². The number of hydrogen-bond donors (Lipinski definition) is 1. The lowest BCUT2D eigenvalue weighted by Crippen LogP contribution is -2.14. The number of rotatable bonds is 3. The van der Waals surface area contributed by atoms with Gasteiger partial charge in [-0.2, -0.15) is 0 Å². The van der Waals surface area contributed by atoms with Crippen molar-refractivity contribution < 1.29 is 8.78 Å². The summed E-state index contributed by atoms with van der Waals surface area (Å²) in [5.74, 6) is -1.62. The molecule has 1 heterocycles. The van der Waals surface area contributed by atoms with Crippen LogP contribution in [0.15, 0.2) is 24.3 Å². The molecular formula is C14H15F2NS. The molecule has 18 heavy (non-hydrogen) atoms. The Morgan fingerprint density at radius 2 is 2.00 bits per heavy atom. The maximum Gasteiger partial charge on any atom is 0.162 e. The van der Waals surface area contributed by atoms with Crippen LogP contribution in [-0.4, -0.2) is 0 Å². The van der Waals surface area contributed by atoms with E-state index in [0.29, 0.717) is 12.0 Å². The van der Waals surface area contributed by atoms with Crippen LogP contribution in [0.1, 0.15) is 26.9 Å². The van der Waals surface area contributed by atoms with Gasteiger partial charge in [0, 0.05) is 15.8 Å². The van der Waals surface area contributed by atoms with E-state index in [9.17, 15) is 8.78 Å². The molecule has 2 N–H and O–H groups in total. The zero-order chi connectivity index (χ0) is 13.3. The Morgan fingerprint density at radius 1 is 1.28 bits per heavy atom. The van der Waals surface area contributed by atoms with E-state index in [1.165, 1.54) is 10.9 Å². The van der Waals surface area contributed by atoms with Gasteiger partial charge in [0.25, 0.3) is 0 Å². The second kappa shape index (κ2) is 5.16. The molecule has 1 atom stereocenters. The first-order valence-corrected chi connectivity index (χ1v) is 6.56. The second-order valence-electron chi connectivity index (χ2n) is 4.39. The number of benzene rings is 1. The summed E-state index contributed by atoms with van der Waals surface area (Å²) in [4.78, 5) is 2.31. The van der Waals surface area contributed by atoms with E-state index in [-0.39, 0.29) is 6.04 Å². The Morgan fingerprint density at radius 3 is 2.61 bits per heavy atom. The summed E-state index contributed by atoms with van der Waals surface area (Å²) in [7, 11) is 0. The largest absolute Gasteiger partial charge is 0.324 e. The van der Waals surface area contributed by atoms with Crippen LogP contribution in [0, 0.1) is 25.5 Å². The summed E-state index contributed by atoms with van der Waals surface area (Å²) in [6.45, 7) is 4.01. The third kappa shape index (κ3) is 2.60. The first kappa shape index (κ1) is 13.2. The fraction of sp³-hybridized carbons (Fsp3) is 0.286. The molecular weight excluding hydrogens is 252 g/mol. The molecule has 0 spiro atoms. The highest BCUT2D eigenvalue weighted by atomic mass is 32.1. The summed E-state index contributed by atoms with van der Waals surface area (Å²) in [5.41, 5.74) is 7.42. The molecule has 0 saturated heterocycles. The molecule has 0 aliphatic carbocycles. The standard InChI is InChI=1S/C14H15F2NS/c1-8-6-11(9(2)18-8)13(17)7-10-4-3-5-12(15)14(10)16/h3-6,13H,7,17H2,1-2H3. The maximum absolute atomic E-state index is 13.6. The lowest BCUT2D eigenvalue weighted by Gasteiger charge is -2.12. The predicted molar refractivity (Wildman–Crippen MR) is 70.8 cm³/mol. The Hall–Kier alpha value is -1.26. The van der Waals surface area contributed by atoms with Gasteiger partial charge < -0.3 is 5.73 Å². The van der Waals surface area contributed by atoms with Crippen LogP contribution in [0.2, 0.25) is 0 Å². The van der Waals surface area contributed by atoms with Crippen molar-refractivity contribution >= 4 is 11.3 Å². The highest BCUT2D eigenvalue weighted by molar-refractivity contribution is 7.12. The molecule has 1 nitrogen and oxygen atoms in total. The Bertz CT molecular complexity index is 563. The van der Waals surface area contributed by atoms with E-state index in [1.807, 2.05) is 19.9 Å². The summed E-state index contributed by atoms with van der Waals surface area (Å²) in [6.07, 6.45) is 0.306. The molecule has 0 aliphatic rings. The number of nitrogens with two attached hydrogens (primary N) is 1. The van der Waals surface area contributed by atoms with Gasteiger partial charge in [-0.1, -0.05) is 12.1 Å². The monoisotopic (exact) mass is 267 g/mol. The molecule has 1 aromatic heterocycles. The molecule has 1 aromatic carbocycles. The molecule has 1 unspecified atom stereocenters. The van der Waals surface area contributed by atoms with Gasteiger partial charge in [0.1, 0.15) is 0 Å². The SMILES string of the molecule is Cc1cc(C(N)Cc2cccc(F)c2F)c(C)s1. The highest BCUT2D eigenvalue weighted by Crippen LogP contribution is 2.27. The zero-order valence-electron chi connectivity index (χ0n) is 10.3. The first-order chi connectivity index (χ1) is 8.49. The number of hydrogen-bond acceptors (Lipinski definition) is 2. The number of halogens is 2. The van der Waals surface area contributed by atoms with Crippen LogP contribution in [0.3, 0.4) is 0 Å². The average molecular weight is 267 g/mol. The molecule has 0 amide bonds. The average Bonchev–Trinajstić information content (AvgIpc) is 2.64. The fourth-order valence-corrected chi connectivity index (χ4v) is 3.07. The summed E-state index contributed by atoms with van der Waals surface area (Å²) >= 11 is 1.67. The molecule has 0 bridgehead atoms. The topological polar surface area (TPSA) is 26.0 Å². The van der Waals surface area contributed by atoms with E-state index in [2.05, 4.69) is 0 Å². The van der Waals surface area contributed by atoms with Crippen LogP contribution in [-0.2, 0) is 6.42 Å². The van der Waals surface area contributed by atoms with E-state index in [1.54, 1.807) is 17.4 Å². The van der Waals surface area contributed by atoms with Crippen molar-refractivity contribution in [3.8, 4) is 0 Å². The van der Waals surface area contributed by atoms with Crippen LogP contribution < -0.4 is 5.73 Å². The van der Waals surface area contributed by atoms with E-state index >= 15 is 0 Å². The zero-order valence-corrected chi connectivity index (χ0v) is 11.2. The van der Waals surface area contributed by atoms with E-state index in [4.69, 9.17) is 5.73 Å². The third-order valence-corrected chi connectivity index (χ3v) is 3.93. The van der Waals surface area contributed by atoms with Crippen LogP contribution in [0.25, 0.3) is 0 Å². The van der Waals surface area contributed by atoms with Crippen molar-refractivity contribution in [3.05, 3.63) is 56.8 Å². The fourth-order valence-electron chi connectivity index (χ4n) is 2.07. The van der Waals surface area contributed by atoms with Gasteiger partial charge in [0.15, 0.2) is 11.6 Å². The molecule has 0 radical (unpaired) electrons. The van der Waals surface area contributed by atoms with Crippen molar-refractivity contribution in [2.75, 3.05) is 0 Å². The molecule has 2 aromatic rings. The van der Waals surface area contributed by atoms with Gasteiger partial charge in [-0.25, -0.2) is 8.78 Å². The summed E-state index contributed by atoms with van der Waals surface area (Å²) in [5, 5.41) is 0. The molecule has 4 heteroatoms. The smallest absolute Gasteiger partial charge is 0.162 e. The lowest BCUT2D eigenvalue weighted by atomic mass is 9.99. The first-order valence-electron chi connectivity index (χ1n) is 5.74. The van der Waals surface area contributed by atoms with E-state index in [0.717, 1.165) is 16.5 Å². The van der Waals surface area contributed by atoms with Gasteiger partial charge >= 0.3 is 0 Å². The molecule has 0 aliphatic heterocycles. The van der Waals surface area contributed by atoms with Gasteiger partial charge in [-0.3, -0.25) is 0 Å². The third-order valence-electron chi connectivity index (χ3n) is 2.95. The van der Waals surface area contributed by atoms with Gasteiger partial charge in [0.2, 0.25) is 0 Å². The van der Waals surface area contributed by atoms with Crippen molar-refractivity contribution in [1.82, 2.24) is 0 Å². The van der Waals surface area contributed by atoms with Crippen LogP contribution >= 0.6 is 11.3 Å². The quantitative estimate of drug-likeness (QED) is 0.897. The van der Waals surface area contributed by atoms with Crippen molar-refractivity contribution in [2.45, 2.75) is 26.3 Å². The minimum Gasteiger partial charge on any atom is -0.324 e. The Balaban J connectivity index is 2.24. The minimum absolute atomic E-state index is 0.300. The molecule has 0 saturated carbocycles. The molecule has 2 rings (SSSR count). The predicted octanol–water partition coefficient (Wildman–Crippen LogP) is 3.89. The highest BCUT2D eigenvalue weighted by Gasteiger charge is 2.15. The number of aryl methyl sites for hydroxylation is 2. The normalized spacial score (nSPS) is 12.7. The second-order valence-corrected chi connectivity index (χ2v) is 5.85. The lowest BCUT2D eigenvalue weighted by molar-refractivity contribution is 0.494. The summed E-state index contributed by atoms with van der Waals surface area (Å²) < 4.78 is 26.7. The van der Waals surface area contributed by atoms with Crippen molar-refractivity contribution in [2.24, 2.45) is 5.73 Å². The van der Waals surface area contributed by atoms with Gasteiger partial charge in [0.05, 0.1) is 0 Å². The van der Waals surface area contributed by atoms with Gasteiger partial charge in [-0.15, -0.1) is 11.3 Å². The van der Waals surface area contributed by atoms with Crippen LogP contribution in [0.4, 0.5) is 8.78 Å². The molecule has 0 fully saturated rings. The summed E-state index contributed by atoms with van der Waals surface area (Å²) in [6, 6.07) is 5.91. The minimum atomic E-state index is -0.821. The maximum atomic E-state index is 13.6. The van der Waals surface area contributed by atoms with Crippen molar-refractivity contribution in [1.29, 1.82) is 0 Å². The van der Waals surface area contributed by atoms with Crippen molar-refractivity contribution in [3.63, 3.8) is 0 Å². The van der Waals surface area contributed by atoms with Crippen LogP contribution in [0.5, 0.6) is 0 Å². The molecule has 96 valence electrons. The number of thiophene rings is 1. The Kier molecular flexibility index (Phi) is 3.78.